The maximum atomic E-state index is 12.3. The van der Waals surface area contributed by atoms with E-state index < -0.39 is 10.0 Å². The fraction of sp³-hybridized carbons (Fsp3) is 0.667. The van der Waals surface area contributed by atoms with Gasteiger partial charge < -0.3 is 5.73 Å². The quantitative estimate of drug-likeness (QED) is 0.890. The molecule has 6 heteroatoms. The van der Waals surface area contributed by atoms with E-state index in [4.69, 9.17) is 5.73 Å². The zero-order valence-electron chi connectivity index (χ0n) is 10.8. The third-order valence-electron chi connectivity index (χ3n) is 3.43. The number of nitrogens with one attached hydrogen (secondary N) is 1. The molecule has 1 fully saturated rings. The first-order valence-corrected chi connectivity index (χ1v) is 8.54. The Morgan fingerprint density at radius 1 is 1.50 bits per heavy atom. The van der Waals surface area contributed by atoms with E-state index in [1.807, 2.05) is 6.92 Å². The first-order chi connectivity index (χ1) is 8.42. The molecule has 0 radical (unpaired) electrons. The Bertz CT molecular complexity index is 522. The molecule has 102 valence electrons. The largest absolute Gasteiger partial charge is 0.326 e. The Morgan fingerprint density at radius 2 is 2.22 bits per heavy atom. The summed E-state index contributed by atoms with van der Waals surface area (Å²) in [5, 5.41) is 0. The molecule has 18 heavy (non-hydrogen) atoms. The SMILES string of the molecule is Cc1sc(CN)cc1S(=O)(=O)NC1CCC(C)C1. The summed E-state index contributed by atoms with van der Waals surface area (Å²) in [6.45, 7) is 4.38. The van der Waals surface area contributed by atoms with Gasteiger partial charge >= 0.3 is 0 Å². The molecule has 0 bridgehead atoms. The summed E-state index contributed by atoms with van der Waals surface area (Å²) in [4.78, 5) is 2.12. The smallest absolute Gasteiger partial charge is 0.241 e. The Kier molecular flexibility index (Phi) is 4.11. The van der Waals surface area contributed by atoms with Crippen LogP contribution in [-0.4, -0.2) is 14.5 Å². The zero-order valence-corrected chi connectivity index (χ0v) is 12.4. The van der Waals surface area contributed by atoms with Gasteiger partial charge in [-0.1, -0.05) is 6.92 Å². The van der Waals surface area contributed by atoms with Crippen LogP contribution in [0.2, 0.25) is 0 Å². The Balaban J connectivity index is 2.17. The van der Waals surface area contributed by atoms with Crippen LogP contribution in [-0.2, 0) is 16.6 Å². The molecule has 0 aromatic carbocycles. The molecule has 1 aliphatic rings. The second kappa shape index (κ2) is 5.28. The van der Waals surface area contributed by atoms with Crippen LogP contribution in [0.15, 0.2) is 11.0 Å². The van der Waals surface area contributed by atoms with E-state index in [1.165, 1.54) is 11.3 Å². The van der Waals surface area contributed by atoms with Crippen molar-refractivity contribution in [1.29, 1.82) is 0 Å². The van der Waals surface area contributed by atoms with Crippen molar-refractivity contribution in [3.05, 3.63) is 15.8 Å². The minimum atomic E-state index is -3.38. The molecule has 2 rings (SSSR count). The molecule has 0 spiro atoms. The molecule has 0 aliphatic heterocycles. The second-order valence-electron chi connectivity index (χ2n) is 5.07. The average Bonchev–Trinajstić information content (AvgIpc) is 2.84. The van der Waals surface area contributed by atoms with E-state index in [0.717, 1.165) is 29.0 Å². The number of aryl methyl sites for hydroxylation is 1. The van der Waals surface area contributed by atoms with Gasteiger partial charge in [0.05, 0.1) is 4.90 Å². The number of rotatable bonds is 4. The topological polar surface area (TPSA) is 72.2 Å². The molecule has 4 nitrogen and oxygen atoms in total. The predicted molar refractivity (Wildman–Crippen MR) is 74.1 cm³/mol. The highest BCUT2D eigenvalue weighted by atomic mass is 32.2. The van der Waals surface area contributed by atoms with Crippen molar-refractivity contribution < 1.29 is 8.42 Å². The zero-order chi connectivity index (χ0) is 13.3. The van der Waals surface area contributed by atoms with Crippen LogP contribution in [0.1, 0.15) is 35.9 Å². The minimum Gasteiger partial charge on any atom is -0.326 e. The summed E-state index contributed by atoms with van der Waals surface area (Å²) in [5.74, 6) is 0.612. The Labute approximate surface area is 113 Å². The number of hydrogen-bond donors (Lipinski definition) is 2. The van der Waals surface area contributed by atoms with Crippen molar-refractivity contribution >= 4 is 21.4 Å². The van der Waals surface area contributed by atoms with E-state index in [9.17, 15) is 8.42 Å². The fourth-order valence-electron chi connectivity index (χ4n) is 2.49. The molecule has 1 aromatic rings. The highest BCUT2D eigenvalue weighted by Gasteiger charge is 2.28. The summed E-state index contributed by atoms with van der Waals surface area (Å²) < 4.78 is 27.4. The molecule has 0 amide bonds. The summed E-state index contributed by atoms with van der Waals surface area (Å²) in [5.41, 5.74) is 5.55. The summed E-state index contributed by atoms with van der Waals surface area (Å²) in [7, 11) is -3.38. The summed E-state index contributed by atoms with van der Waals surface area (Å²) in [6.07, 6.45) is 2.98. The van der Waals surface area contributed by atoms with E-state index >= 15 is 0 Å². The molecule has 2 atom stereocenters. The molecule has 0 saturated heterocycles. The molecule has 1 saturated carbocycles. The van der Waals surface area contributed by atoms with Crippen molar-refractivity contribution in [2.24, 2.45) is 11.7 Å². The Hall–Kier alpha value is -0.430. The van der Waals surface area contributed by atoms with E-state index in [1.54, 1.807) is 6.07 Å². The van der Waals surface area contributed by atoms with Crippen LogP contribution >= 0.6 is 11.3 Å². The van der Waals surface area contributed by atoms with Crippen LogP contribution in [0.25, 0.3) is 0 Å². The lowest BCUT2D eigenvalue weighted by molar-refractivity contribution is 0.538. The third kappa shape index (κ3) is 2.93. The van der Waals surface area contributed by atoms with Gasteiger partial charge in [0, 0.05) is 22.3 Å². The van der Waals surface area contributed by atoms with Crippen LogP contribution < -0.4 is 10.5 Å². The van der Waals surface area contributed by atoms with E-state index in [-0.39, 0.29) is 6.04 Å². The highest BCUT2D eigenvalue weighted by Crippen LogP contribution is 2.29. The fourth-order valence-corrected chi connectivity index (χ4v) is 5.29. The van der Waals surface area contributed by atoms with Crippen LogP contribution in [0.5, 0.6) is 0 Å². The predicted octanol–water partition coefficient (Wildman–Crippen LogP) is 1.98. The molecule has 1 heterocycles. The maximum Gasteiger partial charge on any atom is 0.241 e. The monoisotopic (exact) mass is 288 g/mol. The minimum absolute atomic E-state index is 0.0885. The lowest BCUT2D eigenvalue weighted by Crippen LogP contribution is -2.33. The van der Waals surface area contributed by atoms with Gasteiger partial charge in [-0.3, -0.25) is 0 Å². The normalized spacial score (nSPS) is 24.6. The lowest BCUT2D eigenvalue weighted by atomic mass is 10.1. The molecule has 3 N–H and O–H groups in total. The van der Waals surface area contributed by atoms with Gasteiger partial charge in [0.25, 0.3) is 0 Å². The molecular weight excluding hydrogens is 268 g/mol. The van der Waals surface area contributed by atoms with Crippen LogP contribution in [0, 0.1) is 12.8 Å². The molecule has 1 aromatic heterocycles. The second-order valence-corrected chi connectivity index (χ2v) is 8.10. The molecular formula is C12H20N2O2S2. The number of hydrogen-bond acceptors (Lipinski definition) is 4. The van der Waals surface area contributed by atoms with Gasteiger partial charge in [0.2, 0.25) is 10.0 Å². The third-order valence-corrected chi connectivity index (χ3v) is 6.28. The van der Waals surface area contributed by atoms with Gasteiger partial charge in [-0.15, -0.1) is 11.3 Å². The van der Waals surface area contributed by atoms with Gasteiger partial charge in [-0.25, -0.2) is 13.1 Å². The van der Waals surface area contributed by atoms with Crippen molar-refractivity contribution in [2.75, 3.05) is 0 Å². The number of thiophene rings is 1. The van der Waals surface area contributed by atoms with Crippen LogP contribution in [0.3, 0.4) is 0 Å². The van der Waals surface area contributed by atoms with E-state index in [2.05, 4.69) is 11.6 Å². The first-order valence-electron chi connectivity index (χ1n) is 6.24. The van der Waals surface area contributed by atoms with Crippen LogP contribution in [0.4, 0.5) is 0 Å². The summed E-state index contributed by atoms with van der Waals surface area (Å²) >= 11 is 1.46. The highest BCUT2D eigenvalue weighted by molar-refractivity contribution is 7.89. The van der Waals surface area contributed by atoms with Gasteiger partial charge in [0.15, 0.2) is 0 Å². The first kappa shape index (κ1) is 14.0. The van der Waals surface area contributed by atoms with Gasteiger partial charge in [0.1, 0.15) is 0 Å². The van der Waals surface area contributed by atoms with Gasteiger partial charge in [-0.05, 0) is 38.2 Å². The Morgan fingerprint density at radius 3 is 2.72 bits per heavy atom. The maximum absolute atomic E-state index is 12.3. The lowest BCUT2D eigenvalue weighted by Gasteiger charge is -2.12. The summed E-state index contributed by atoms with van der Waals surface area (Å²) in [6, 6.07) is 1.78. The molecule has 1 aliphatic carbocycles. The average molecular weight is 288 g/mol. The van der Waals surface area contributed by atoms with Crippen molar-refractivity contribution in [2.45, 2.75) is 50.6 Å². The van der Waals surface area contributed by atoms with Crippen molar-refractivity contribution in [3.63, 3.8) is 0 Å². The van der Waals surface area contributed by atoms with E-state index in [0.29, 0.717) is 17.4 Å². The van der Waals surface area contributed by atoms with Crippen molar-refractivity contribution in [3.8, 4) is 0 Å². The van der Waals surface area contributed by atoms with Crippen molar-refractivity contribution in [1.82, 2.24) is 4.72 Å². The van der Waals surface area contributed by atoms with Gasteiger partial charge in [-0.2, -0.15) is 0 Å². The standard InChI is InChI=1S/C12H20N2O2S2/c1-8-3-4-10(5-8)14-18(15,16)12-6-11(7-13)17-9(12)2/h6,8,10,14H,3-5,7,13H2,1-2H3. The number of nitrogens with two attached hydrogens (primary N) is 1. The molecule has 2 unspecified atom stereocenters. The number of sulfonamides is 1.